The van der Waals surface area contributed by atoms with E-state index in [1.54, 1.807) is 0 Å². The standard InChI is InChI=1S/C17H17NOS/c1-2-13-7-9-14(10-8-13)17(19)18-11-12-20-16-6-4-3-5-15(16)18/h3-10H,2,11-12H2,1H3. The molecule has 1 aliphatic rings. The normalized spacial score (nSPS) is 13.9. The van der Waals surface area contributed by atoms with Crippen LogP contribution in [0.25, 0.3) is 0 Å². The number of thioether (sulfide) groups is 1. The van der Waals surface area contributed by atoms with Gasteiger partial charge in [-0.1, -0.05) is 31.2 Å². The summed E-state index contributed by atoms with van der Waals surface area (Å²) in [5, 5.41) is 0. The Kier molecular flexibility index (Phi) is 3.79. The van der Waals surface area contributed by atoms with Crippen molar-refractivity contribution >= 4 is 23.4 Å². The van der Waals surface area contributed by atoms with Gasteiger partial charge in [0.15, 0.2) is 0 Å². The highest BCUT2D eigenvalue weighted by Gasteiger charge is 2.23. The number of para-hydroxylation sites is 1. The van der Waals surface area contributed by atoms with E-state index >= 15 is 0 Å². The number of benzene rings is 2. The van der Waals surface area contributed by atoms with Crippen LogP contribution in [0.4, 0.5) is 5.69 Å². The van der Waals surface area contributed by atoms with E-state index in [0.717, 1.165) is 30.0 Å². The van der Waals surface area contributed by atoms with Gasteiger partial charge < -0.3 is 4.90 Å². The number of hydrogen-bond acceptors (Lipinski definition) is 2. The fourth-order valence-corrected chi connectivity index (χ4v) is 3.41. The molecule has 0 spiro atoms. The summed E-state index contributed by atoms with van der Waals surface area (Å²) in [7, 11) is 0. The topological polar surface area (TPSA) is 20.3 Å². The molecule has 0 saturated carbocycles. The van der Waals surface area contributed by atoms with Crippen LogP contribution < -0.4 is 4.90 Å². The zero-order valence-corrected chi connectivity index (χ0v) is 12.3. The van der Waals surface area contributed by atoms with Gasteiger partial charge in [0.2, 0.25) is 0 Å². The van der Waals surface area contributed by atoms with Crippen molar-refractivity contribution in [2.24, 2.45) is 0 Å². The van der Waals surface area contributed by atoms with Crippen molar-refractivity contribution in [3.05, 3.63) is 59.7 Å². The number of fused-ring (bicyclic) bond motifs is 1. The third kappa shape index (κ3) is 2.46. The van der Waals surface area contributed by atoms with Crippen molar-refractivity contribution in [3.63, 3.8) is 0 Å². The quantitative estimate of drug-likeness (QED) is 0.830. The van der Waals surface area contributed by atoms with Crippen molar-refractivity contribution in [2.45, 2.75) is 18.2 Å². The van der Waals surface area contributed by atoms with E-state index in [0.29, 0.717) is 0 Å². The number of anilines is 1. The largest absolute Gasteiger partial charge is 0.306 e. The molecule has 20 heavy (non-hydrogen) atoms. The monoisotopic (exact) mass is 283 g/mol. The number of nitrogens with zero attached hydrogens (tertiary/aromatic N) is 1. The van der Waals surface area contributed by atoms with Gasteiger partial charge in [-0.05, 0) is 36.2 Å². The molecule has 0 fully saturated rings. The SMILES string of the molecule is CCc1ccc(C(=O)N2CCSc3ccccc32)cc1. The molecule has 0 atom stereocenters. The molecule has 0 unspecified atom stereocenters. The van der Waals surface area contributed by atoms with Gasteiger partial charge in [-0.15, -0.1) is 11.8 Å². The molecule has 2 aromatic rings. The minimum atomic E-state index is 0.0976. The average molecular weight is 283 g/mol. The van der Waals surface area contributed by atoms with Crippen molar-refractivity contribution in [3.8, 4) is 0 Å². The van der Waals surface area contributed by atoms with Crippen LogP contribution in [-0.4, -0.2) is 18.2 Å². The maximum absolute atomic E-state index is 12.7. The van der Waals surface area contributed by atoms with Crippen LogP contribution in [0.1, 0.15) is 22.8 Å². The molecule has 1 aliphatic heterocycles. The first kappa shape index (κ1) is 13.3. The summed E-state index contributed by atoms with van der Waals surface area (Å²) in [6.45, 7) is 2.89. The summed E-state index contributed by atoms with van der Waals surface area (Å²) in [4.78, 5) is 15.8. The third-order valence-corrected chi connectivity index (χ3v) is 4.63. The summed E-state index contributed by atoms with van der Waals surface area (Å²) >= 11 is 1.82. The highest BCUT2D eigenvalue weighted by Crippen LogP contribution is 2.35. The molecule has 0 N–H and O–H groups in total. The molecule has 1 heterocycles. The summed E-state index contributed by atoms with van der Waals surface area (Å²) < 4.78 is 0. The average Bonchev–Trinajstić information content (AvgIpc) is 2.54. The summed E-state index contributed by atoms with van der Waals surface area (Å²) in [6.07, 6.45) is 0.998. The minimum Gasteiger partial charge on any atom is -0.306 e. The Morgan fingerprint density at radius 3 is 2.65 bits per heavy atom. The Morgan fingerprint density at radius 1 is 1.15 bits per heavy atom. The lowest BCUT2D eigenvalue weighted by Gasteiger charge is -2.29. The first-order valence-electron chi connectivity index (χ1n) is 6.92. The van der Waals surface area contributed by atoms with Gasteiger partial charge in [0, 0.05) is 22.8 Å². The fourth-order valence-electron chi connectivity index (χ4n) is 2.42. The molecule has 0 bridgehead atoms. The predicted molar refractivity (Wildman–Crippen MR) is 84.7 cm³/mol. The van der Waals surface area contributed by atoms with Gasteiger partial charge in [0.05, 0.1) is 5.69 Å². The molecule has 2 nitrogen and oxygen atoms in total. The van der Waals surface area contributed by atoms with Gasteiger partial charge >= 0.3 is 0 Å². The zero-order valence-electron chi connectivity index (χ0n) is 11.5. The Bertz CT molecular complexity index is 621. The summed E-state index contributed by atoms with van der Waals surface area (Å²) in [6, 6.07) is 16.1. The van der Waals surface area contributed by atoms with E-state index in [1.165, 1.54) is 10.5 Å². The molecular weight excluding hydrogens is 266 g/mol. The lowest BCUT2D eigenvalue weighted by Crippen LogP contribution is -2.35. The van der Waals surface area contributed by atoms with E-state index in [1.807, 2.05) is 59.1 Å². The molecular formula is C17H17NOS. The van der Waals surface area contributed by atoms with Gasteiger partial charge in [-0.25, -0.2) is 0 Å². The molecule has 102 valence electrons. The number of aryl methyl sites for hydroxylation is 1. The first-order valence-corrected chi connectivity index (χ1v) is 7.91. The van der Waals surface area contributed by atoms with E-state index < -0.39 is 0 Å². The number of rotatable bonds is 2. The van der Waals surface area contributed by atoms with Crippen LogP contribution in [-0.2, 0) is 6.42 Å². The summed E-state index contributed by atoms with van der Waals surface area (Å²) in [5.74, 6) is 1.05. The van der Waals surface area contributed by atoms with E-state index in [-0.39, 0.29) is 5.91 Å². The molecule has 3 heteroatoms. The molecule has 0 aromatic heterocycles. The van der Waals surface area contributed by atoms with Crippen molar-refractivity contribution in [1.29, 1.82) is 0 Å². The predicted octanol–water partition coefficient (Wildman–Crippen LogP) is 4.00. The fraction of sp³-hybridized carbons (Fsp3) is 0.235. The van der Waals surface area contributed by atoms with Crippen LogP contribution in [0.3, 0.4) is 0 Å². The second kappa shape index (κ2) is 5.71. The maximum atomic E-state index is 12.7. The Morgan fingerprint density at radius 2 is 1.90 bits per heavy atom. The van der Waals surface area contributed by atoms with E-state index in [2.05, 4.69) is 13.0 Å². The van der Waals surface area contributed by atoms with Gasteiger partial charge in [-0.2, -0.15) is 0 Å². The van der Waals surface area contributed by atoms with Gasteiger partial charge in [0.1, 0.15) is 0 Å². The molecule has 3 rings (SSSR count). The molecule has 1 amide bonds. The van der Waals surface area contributed by atoms with Crippen LogP contribution in [0, 0.1) is 0 Å². The lowest BCUT2D eigenvalue weighted by molar-refractivity contribution is 0.0987. The van der Waals surface area contributed by atoms with Crippen molar-refractivity contribution in [2.75, 3.05) is 17.2 Å². The Balaban J connectivity index is 1.91. The molecule has 0 radical (unpaired) electrons. The smallest absolute Gasteiger partial charge is 0.258 e. The number of amides is 1. The number of carbonyl (C=O) groups excluding carboxylic acids is 1. The van der Waals surface area contributed by atoms with E-state index in [9.17, 15) is 4.79 Å². The molecule has 0 saturated heterocycles. The third-order valence-electron chi connectivity index (χ3n) is 3.58. The van der Waals surface area contributed by atoms with Crippen LogP contribution in [0.15, 0.2) is 53.4 Å². The van der Waals surface area contributed by atoms with Crippen LogP contribution in [0.2, 0.25) is 0 Å². The van der Waals surface area contributed by atoms with Crippen LogP contribution in [0.5, 0.6) is 0 Å². The number of carbonyl (C=O) groups is 1. The second-order valence-electron chi connectivity index (χ2n) is 4.82. The maximum Gasteiger partial charge on any atom is 0.258 e. The lowest BCUT2D eigenvalue weighted by atomic mass is 10.1. The molecule has 0 aliphatic carbocycles. The summed E-state index contributed by atoms with van der Waals surface area (Å²) in [5.41, 5.74) is 3.06. The van der Waals surface area contributed by atoms with E-state index in [4.69, 9.17) is 0 Å². The van der Waals surface area contributed by atoms with Crippen molar-refractivity contribution < 1.29 is 4.79 Å². The Labute approximate surface area is 123 Å². The Hall–Kier alpha value is -1.74. The highest BCUT2D eigenvalue weighted by molar-refractivity contribution is 7.99. The van der Waals surface area contributed by atoms with Gasteiger partial charge in [0.25, 0.3) is 5.91 Å². The first-order chi connectivity index (χ1) is 9.79. The van der Waals surface area contributed by atoms with Gasteiger partial charge in [-0.3, -0.25) is 4.79 Å². The van der Waals surface area contributed by atoms with Crippen molar-refractivity contribution in [1.82, 2.24) is 0 Å². The highest BCUT2D eigenvalue weighted by atomic mass is 32.2. The zero-order chi connectivity index (χ0) is 13.9. The second-order valence-corrected chi connectivity index (χ2v) is 5.96. The van der Waals surface area contributed by atoms with Crippen LogP contribution >= 0.6 is 11.8 Å². The molecule has 2 aromatic carbocycles. The number of hydrogen-bond donors (Lipinski definition) is 0. The minimum absolute atomic E-state index is 0.0976.